The number of hydrazone groups is 1. The first kappa shape index (κ1) is 13.9. The highest BCUT2D eigenvalue weighted by Gasteiger charge is 2.27. The van der Waals surface area contributed by atoms with E-state index in [1.807, 2.05) is 11.2 Å². The van der Waals surface area contributed by atoms with Crippen LogP contribution in [0.1, 0.15) is 29.5 Å². The summed E-state index contributed by atoms with van der Waals surface area (Å²) in [5.41, 5.74) is 4.68. The van der Waals surface area contributed by atoms with E-state index in [-0.39, 0.29) is 0 Å². The van der Waals surface area contributed by atoms with Crippen molar-refractivity contribution in [1.82, 2.24) is 5.01 Å². The number of morpholine rings is 1. The second-order valence-electron chi connectivity index (χ2n) is 6.31. The van der Waals surface area contributed by atoms with E-state index in [4.69, 9.17) is 4.74 Å². The molecule has 118 valence electrons. The number of anilines is 1. The Labute approximate surface area is 131 Å². The highest BCUT2D eigenvalue weighted by atomic mass is 16.5. The van der Waals surface area contributed by atoms with E-state index in [0.717, 1.165) is 69.8 Å². The molecule has 0 saturated carbocycles. The summed E-state index contributed by atoms with van der Waals surface area (Å²) in [7, 11) is 0. The van der Waals surface area contributed by atoms with Crippen LogP contribution in [0.2, 0.25) is 0 Å². The van der Waals surface area contributed by atoms with E-state index in [9.17, 15) is 5.11 Å². The van der Waals surface area contributed by atoms with Crippen LogP contribution in [0.25, 0.3) is 0 Å². The largest absolute Gasteiger partial charge is 0.507 e. The molecule has 0 bridgehead atoms. The van der Waals surface area contributed by atoms with Crippen molar-refractivity contribution >= 4 is 11.9 Å². The molecule has 5 heteroatoms. The molecule has 0 unspecified atom stereocenters. The van der Waals surface area contributed by atoms with Crippen LogP contribution in [0.3, 0.4) is 0 Å². The highest BCUT2D eigenvalue weighted by Crippen LogP contribution is 2.41. The lowest BCUT2D eigenvalue weighted by atomic mass is 9.89. The predicted molar refractivity (Wildman–Crippen MR) is 86.9 cm³/mol. The first-order chi connectivity index (χ1) is 10.8. The molecular formula is C17H23N3O2. The summed E-state index contributed by atoms with van der Waals surface area (Å²) >= 11 is 0. The van der Waals surface area contributed by atoms with Gasteiger partial charge in [-0.15, -0.1) is 0 Å². The van der Waals surface area contributed by atoms with Crippen LogP contribution < -0.4 is 4.90 Å². The molecule has 0 atom stereocenters. The van der Waals surface area contributed by atoms with Gasteiger partial charge < -0.3 is 14.7 Å². The summed E-state index contributed by atoms with van der Waals surface area (Å²) in [5.74, 6) is 0.433. The van der Waals surface area contributed by atoms with E-state index < -0.39 is 0 Å². The van der Waals surface area contributed by atoms with Gasteiger partial charge in [0.1, 0.15) is 5.75 Å². The minimum absolute atomic E-state index is 0.433. The molecule has 0 aliphatic carbocycles. The van der Waals surface area contributed by atoms with Gasteiger partial charge in [-0.3, -0.25) is 5.01 Å². The number of benzene rings is 1. The fraction of sp³-hybridized carbons (Fsp3) is 0.588. The average molecular weight is 301 g/mol. The summed E-state index contributed by atoms with van der Waals surface area (Å²) in [6, 6.07) is 2.13. The van der Waals surface area contributed by atoms with Crippen molar-refractivity contribution in [3.05, 3.63) is 22.8 Å². The van der Waals surface area contributed by atoms with Crippen molar-refractivity contribution in [2.24, 2.45) is 5.10 Å². The van der Waals surface area contributed by atoms with Crippen molar-refractivity contribution in [2.45, 2.75) is 25.7 Å². The maximum absolute atomic E-state index is 10.7. The topological polar surface area (TPSA) is 48.3 Å². The molecule has 3 aliphatic heterocycles. The molecular weight excluding hydrogens is 278 g/mol. The van der Waals surface area contributed by atoms with Crippen LogP contribution >= 0.6 is 0 Å². The molecule has 1 fully saturated rings. The first-order valence-corrected chi connectivity index (χ1v) is 8.32. The van der Waals surface area contributed by atoms with Gasteiger partial charge in [-0.1, -0.05) is 0 Å². The smallest absolute Gasteiger partial charge is 0.129 e. The molecule has 1 aromatic carbocycles. The Bertz CT molecular complexity index is 592. The Morgan fingerprint density at radius 3 is 2.68 bits per heavy atom. The van der Waals surface area contributed by atoms with E-state index in [1.165, 1.54) is 17.7 Å². The zero-order chi connectivity index (χ0) is 14.9. The van der Waals surface area contributed by atoms with Gasteiger partial charge >= 0.3 is 0 Å². The van der Waals surface area contributed by atoms with Crippen LogP contribution in [0.15, 0.2) is 11.2 Å². The second-order valence-corrected chi connectivity index (χ2v) is 6.31. The molecule has 0 radical (unpaired) electrons. The quantitative estimate of drug-likeness (QED) is 0.846. The van der Waals surface area contributed by atoms with Crippen molar-refractivity contribution in [2.75, 3.05) is 44.3 Å². The number of hydrogen-bond donors (Lipinski definition) is 1. The Kier molecular flexibility index (Phi) is 3.66. The second kappa shape index (κ2) is 5.80. The van der Waals surface area contributed by atoms with E-state index in [0.29, 0.717) is 5.75 Å². The van der Waals surface area contributed by atoms with E-state index in [2.05, 4.69) is 16.1 Å². The number of rotatable bonds is 2. The van der Waals surface area contributed by atoms with Crippen molar-refractivity contribution in [3.63, 3.8) is 0 Å². The Balaban J connectivity index is 1.67. The molecule has 1 aromatic rings. The zero-order valence-corrected chi connectivity index (χ0v) is 12.9. The molecule has 5 nitrogen and oxygen atoms in total. The number of aromatic hydroxyl groups is 1. The van der Waals surface area contributed by atoms with Crippen LogP contribution in [0, 0.1) is 0 Å². The minimum atomic E-state index is 0.433. The molecule has 1 N–H and O–H groups in total. The summed E-state index contributed by atoms with van der Waals surface area (Å²) in [6.07, 6.45) is 6.24. The van der Waals surface area contributed by atoms with Crippen molar-refractivity contribution in [1.29, 1.82) is 0 Å². The van der Waals surface area contributed by atoms with Crippen molar-refractivity contribution in [3.8, 4) is 5.75 Å². The number of hydrogen-bond acceptors (Lipinski definition) is 5. The summed E-state index contributed by atoms with van der Waals surface area (Å²) in [6.45, 7) is 5.36. The normalized spacial score (nSPS) is 21.3. The van der Waals surface area contributed by atoms with Gasteiger partial charge in [0.15, 0.2) is 0 Å². The summed E-state index contributed by atoms with van der Waals surface area (Å²) in [4.78, 5) is 2.44. The van der Waals surface area contributed by atoms with Gasteiger partial charge in [0.25, 0.3) is 0 Å². The maximum atomic E-state index is 10.7. The van der Waals surface area contributed by atoms with E-state index in [1.54, 1.807) is 0 Å². The van der Waals surface area contributed by atoms with Gasteiger partial charge in [-0.05, 0) is 37.3 Å². The minimum Gasteiger partial charge on any atom is -0.507 e. The maximum Gasteiger partial charge on any atom is 0.129 e. The number of ether oxygens (including phenoxy) is 1. The van der Waals surface area contributed by atoms with Gasteiger partial charge in [0, 0.05) is 29.9 Å². The lowest BCUT2D eigenvalue weighted by Gasteiger charge is -2.37. The third kappa shape index (κ3) is 2.43. The fourth-order valence-corrected chi connectivity index (χ4v) is 3.78. The van der Waals surface area contributed by atoms with Gasteiger partial charge in [0.2, 0.25) is 0 Å². The van der Waals surface area contributed by atoms with Crippen molar-refractivity contribution < 1.29 is 9.84 Å². The standard InChI is InChI=1S/C17H23N3O2/c21-17-14(12-18-20-7-9-22-10-8-20)11-13-3-1-5-19-6-2-4-15(17)16(13)19/h11-12,21H,1-10H2/b18-12+. The van der Waals surface area contributed by atoms with Gasteiger partial charge in [-0.25, -0.2) is 0 Å². The summed E-state index contributed by atoms with van der Waals surface area (Å²) in [5, 5.41) is 17.2. The molecule has 0 spiro atoms. The molecule has 3 aliphatic rings. The van der Waals surface area contributed by atoms with Crippen LogP contribution in [-0.4, -0.2) is 55.7 Å². The van der Waals surface area contributed by atoms with E-state index >= 15 is 0 Å². The first-order valence-electron chi connectivity index (χ1n) is 8.32. The van der Waals surface area contributed by atoms with Crippen LogP contribution in [0.5, 0.6) is 5.75 Å². The molecule has 1 saturated heterocycles. The molecule has 0 aromatic heterocycles. The molecule has 22 heavy (non-hydrogen) atoms. The van der Waals surface area contributed by atoms with Crippen LogP contribution in [0.4, 0.5) is 5.69 Å². The predicted octanol–water partition coefficient (Wildman–Crippen LogP) is 1.76. The monoisotopic (exact) mass is 301 g/mol. The number of phenolic OH excluding ortho intramolecular Hbond substituents is 1. The number of nitrogens with zero attached hydrogens (tertiary/aromatic N) is 3. The highest BCUT2D eigenvalue weighted by molar-refractivity contribution is 5.87. The molecule has 0 amide bonds. The van der Waals surface area contributed by atoms with Crippen LogP contribution in [-0.2, 0) is 17.6 Å². The fourth-order valence-electron chi connectivity index (χ4n) is 3.78. The average Bonchev–Trinajstić information content (AvgIpc) is 2.58. The third-order valence-electron chi connectivity index (χ3n) is 4.87. The number of phenols is 1. The lowest BCUT2D eigenvalue weighted by molar-refractivity contribution is 0.0397. The Morgan fingerprint density at radius 2 is 1.86 bits per heavy atom. The lowest BCUT2D eigenvalue weighted by Crippen LogP contribution is -2.34. The SMILES string of the molecule is Oc1c(/C=N/N2CCOCC2)cc2c3c1CCCN3CCC2. The summed E-state index contributed by atoms with van der Waals surface area (Å²) < 4.78 is 5.34. The third-order valence-corrected chi connectivity index (χ3v) is 4.87. The molecule has 4 rings (SSSR count). The zero-order valence-electron chi connectivity index (χ0n) is 12.9. The number of aryl methyl sites for hydroxylation is 1. The Morgan fingerprint density at radius 1 is 1.09 bits per heavy atom. The van der Waals surface area contributed by atoms with Gasteiger partial charge in [0.05, 0.1) is 32.5 Å². The molecule has 3 heterocycles. The van der Waals surface area contributed by atoms with Gasteiger partial charge in [-0.2, -0.15) is 5.10 Å². The Hall–Kier alpha value is -1.75.